The molecule has 0 aliphatic carbocycles. The SMILES string of the molecule is CNCCN(CCc1ccc(-c2cccc3cccnc23)c(OC)c1)Cc1ccc(F)c(Cl)c1. The van der Waals surface area contributed by atoms with Crippen LogP contribution in [0.1, 0.15) is 11.1 Å². The molecule has 0 aliphatic rings. The van der Waals surface area contributed by atoms with Crippen LogP contribution in [0.4, 0.5) is 4.39 Å². The molecule has 6 heteroatoms. The van der Waals surface area contributed by atoms with Crippen molar-refractivity contribution in [2.75, 3.05) is 33.8 Å². The van der Waals surface area contributed by atoms with E-state index in [-0.39, 0.29) is 10.8 Å². The summed E-state index contributed by atoms with van der Waals surface area (Å²) < 4.78 is 19.3. The summed E-state index contributed by atoms with van der Waals surface area (Å²) in [6.07, 6.45) is 2.68. The number of fused-ring (bicyclic) bond motifs is 1. The topological polar surface area (TPSA) is 37.4 Å². The van der Waals surface area contributed by atoms with Crippen LogP contribution in [0.25, 0.3) is 22.0 Å². The standard InChI is InChI=1S/C28H29ClFN3O/c1-31-14-16-33(19-21-9-11-26(30)25(29)17-21)15-12-20-8-10-23(27(18-20)34-2)24-7-3-5-22-6-4-13-32-28(22)24/h3-11,13,17-18,31H,12,14-16,19H2,1-2H3. The lowest BCUT2D eigenvalue weighted by Gasteiger charge is -2.23. The van der Waals surface area contributed by atoms with Gasteiger partial charge in [0, 0.05) is 48.9 Å². The molecule has 3 aromatic carbocycles. The number of benzene rings is 3. The van der Waals surface area contributed by atoms with Crippen LogP contribution in [-0.2, 0) is 13.0 Å². The van der Waals surface area contributed by atoms with Gasteiger partial charge in [-0.05, 0) is 48.9 Å². The van der Waals surface area contributed by atoms with E-state index in [9.17, 15) is 4.39 Å². The van der Waals surface area contributed by atoms with Crippen molar-refractivity contribution in [1.82, 2.24) is 15.2 Å². The number of likely N-dealkylation sites (N-methyl/N-ethyl adjacent to an activating group) is 1. The summed E-state index contributed by atoms with van der Waals surface area (Å²) in [6, 6.07) is 21.5. The van der Waals surface area contributed by atoms with Gasteiger partial charge >= 0.3 is 0 Å². The van der Waals surface area contributed by atoms with E-state index in [0.717, 1.165) is 59.4 Å². The van der Waals surface area contributed by atoms with Gasteiger partial charge in [0.1, 0.15) is 11.6 Å². The first-order valence-corrected chi connectivity index (χ1v) is 11.8. The lowest BCUT2D eigenvalue weighted by atomic mass is 9.98. The van der Waals surface area contributed by atoms with Gasteiger partial charge < -0.3 is 10.1 Å². The number of halogens is 2. The maximum Gasteiger partial charge on any atom is 0.141 e. The molecule has 0 aliphatic heterocycles. The monoisotopic (exact) mass is 477 g/mol. The second-order valence-electron chi connectivity index (χ2n) is 8.29. The molecule has 0 amide bonds. The van der Waals surface area contributed by atoms with Crippen LogP contribution in [0.3, 0.4) is 0 Å². The van der Waals surface area contributed by atoms with E-state index in [1.807, 2.05) is 25.4 Å². The number of rotatable bonds is 10. The van der Waals surface area contributed by atoms with Crippen molar-refractivity contribution in [1.29, 1.82) is 0 Å². The van der Waals surface area contributed by atoms with Crippen molar-refractivity contribution in [3.63, 3.8) is 0 Å². The fourth-order valence-corrected chi connectivity index (χ4v) is 4.36. The molecule has 1 aromatic heterocycles. The van der Waals surface area contributed by atoms with Gasteiger partial charge in [0.25, 0.3) is 0 Å². The van der Waals surface area contributed by atoms with Crippen molar-refractivity contribution >= 4 is 22.5 Å². The maximum absolute atomic E-state index is 13.5. The highest BCUT2D eigenvalue weighted by Gasteiger charge is 2.13. The number of para-hydroxylation sites is 1. The first-order chi connectivity index (χ1) is 16.6. The number of nitrogens with zero attached hydrogens (tertiary/aromatic N) is 2. The number of ether oxygens (including phenoxy) is 1. The molecule has 0 fully saturated rings. The van der Waals surface area contributed by atoms with Crippen LogP contribution in [0.5, 0.6) is 5.75 Å². The van der Waals surface area contributed by atoms with Crippen LogP contribution < -0.4 is 10.1 Å². The molecule has 0 saturated heterocycles. The van der Waals surface area contributed by atoms with Gasteiger partial charge in [-0.3, -0.25) is 9.88 Å². The molecular weight excluding hydrogens is 449 g/mol. The molecule has 0 unspecified atom stereocenters. The molecular formula is C28H29ClFN3O. The number of aromatic nitrogens is 1. The fourth-order valence-electron chi connectivity index (χ4n) is 4.16. The molecule has 4 nitrogen and oxygen atoms in total. The van der Waals surface area contributed by atoms with E-state index in [2.05, 4.69) is 51.6 Å². The summed E-state index contributed by atoms with van der Waals surface area (Å²) in [5.74, 6) is 0.448. The van der Waals surface area contributed by atoms with Gasteiger partial charge in [-0.15, -0.1) is 0 Å². The minimum atomic E-state index is -0.388. The van der Waals surface area contributed by atoms with Gasteiger partial charge in [0.2, 0.25) is 0 Å². The van der Waals surface area contributed by atoms with E-state index in [1.165, 1.54) is 11.6 Å². The van der Waals surface area contributed by atoms with Gasteiger partial charge in [0.15, 0.2) is 0 Å². The van der Waals surface area contributed by atoms with Crippen molar-refractivity contribution < 1.29 is 9.13 Å². The zero-order valence-corrected chi connectivity index (χ0v) is 20.3. The van der Waals surface area contributed by atoms with E-state index in [4.69, 9.17) is 16.3 Å². The molecule has 0 saturated carbocycles. The highest BCUT2D eigenvalue weighted by molar-refractivity contribution is 6.30. The van der Waals surface area contributed by atoms with Crippen LogP contribution in [-0.4, -0.2) is 43.7 Å². The first kappa shape index (κ1) is 24.1. The van der Waals surface area contributed by atoms with E-state index in [1.54, 1.807) is 19.2 Å². The third kappa shape index (κ3) is 5.73. The molecule has 0 radical (unpaired) electrons. The lowest BCUT2D eigenvalue weighted by Crippen LogP contribution is -2.32. The second kappa shape index (κ2) is 11.4. The Morgan fingerprint density at radius 3 is 2.59 bits per heavy atom. The van der Waals surface area contributed by atoms with E-state index in [0.29, 0.717) is 6.54 Å². The second-order valence-corrected chi connectivity index (χ2v) is 8.70. The van der Waals surface area contributed by atoms with Crippen molar-refractivity contribution in [2.45, 2.75) is 13.0 Å². The molecule has 4 aromatic rings. The summed E-state index contributed by atoms with van der Waals surface area (Å²) in [7, 11) is 3.65. The quantitative estimate of drug-likeness (QED) is 0.305. The largest absolute Gasteiger partial charge is 0.496 e. The van der Waals surface area contributed by atoms with Crippen LogP contribution in [0.2, 0.25) is 5.02 Å². The fraction of sp³-hybridized carbons (Fsp3) is 0.250. The average Bonchev–Trinajstić information content (AvgIpc) is 2.87. The molecule has 0 bridgehead atoms. The van der Waals surface area contributed by atoms with Crippen LogP contribution >= 0.6 is 11.6 Å². The van der Waals surface area contributed by atoms with Gasteiger partial charge in [0.05, 0.1) is 17.6 Å². The van der Waals surface area contributed by atoms with Crippen LogP contribution in [0.15, 0.2) is 72.9 Å². The highest BCUT2D eigenvalue weighted by Crippen LogP contribution is 2.35. The average molecular weight is 478 g/mol. The van der Waals surface area contributed by atoms with Crippen molar-refractivity contribution in [3.05, 3.63) is 94.9 Å². The third-order valence-corrected chi connectivity index (χ3v) is 6.26. The Balaban J connectivity index is 1.52. The zero-order valence-electron chi connectivity index (χ0n) is 19.5. The number of hydrogen-bond acceptors (Lipinski definition) is 4. The van der Waals surface area contributed by atoms with Crippen molar-refractivity contribution in [2.24, 2.45) is 0 Å². The Bertz CT molecular complexity index is 1260. The minimum absolute atomic E-state index is 0.161. The summed E-state index contributed by atoms with van der Waals surface area (Å²) in [5.41, 5.74) is 5.25. The maximum atomic E-state index is 13.5. The Labute approximate surface area is 205 Å². The number of hydrogen-bond donors (Lipinski definition) is 1. The minimum Gasteiger partial charge on any atom is -0.496 e. The van der Waals surface area contributed by atoms with Crippen molar-refractivity contribution in [3.8, 4) is 16.9 Å². The zero-order chi connectivity index (χ0) is 23.9. The van der Waals surface area contributed by atoms with Gasteiger partial charge in [-0.2, -0.15) is 0 Å². The van der Waals surface area contributed by atoms with Gasteiger partial charge in [-0.1, -0.05) is 54.1 Å². The molecule has 4 rings (SSSR count). The predicted octanol–water partition coefficient (Wildman–Crippen LogP) is 5.97. The predicted molar refractivity (Wildman–Crippen MR) is 138 cm³/mol. The first-order valence-electron chi connectivity index (χ1n) is 11.4. The smallest absolute Gasteiger partial charge is 0.141 e. The Morgan fingerprint density at radius 2 is 1.79 bits per heavy atom. The Morgan fingerprint density at radius 1 is 0.971 bits per heavy atom. The molecule has 0 spiro atoms. The Kier molecular flexibility index (Phi) is 8.12. The van der Waals surface area contributed by atoms with Crippen LogP contribution in [0, 0.1) is 5.82 Å². The number of nitrogens with one attached hydrogen (secondary N) is 1. The number of pyridine rings is 1. The summed E-state index contributed by atoms with van der Waals surface area (Å²) >= 11 is 5.99. The van der Waals surface area contributed by atoms with Gasteiger partial charge in [-0.25, -0.2) is 4.39 Å². The normalized spacial score (nSPS) is 11.3. The van der Waals surface area contributed by atoms with E-state index >= 15 is 0 Å². The summed E-state index contributed by atoms with van der Waals surface area (Å²) in [6.45, 7) is 3.31. The Hall–Kier alpha value is -2.99. The summed E-state index contributed by atoms with van der Waals surface area (Å²) in [5, 5.41) is 4.47. The summed E-state index contributed by atoms with van der Waals surface area (Å²) in [4.78, 5) is 6.94. The molecule has 0 atom stereocenters. The molecule has 176 valence electrons. The van der Waals surface area contributed by atoms with E-state index < -0.39 is 0 Å². The third-order valence-electron chi connectivity index (χ3n) is 5.97. The molecule has 1 heterocycles. The lowest BCUT2D eigenvalue weighted by molar-refractivity contribution is 0.270. The number of methoxy groups -OCH3 is 1. The molecule has 34 heavy (non-hydrogen) atoms. The molecule has 1 N–H and O–H groups in total. The highest BCUT2D eigenvalue weighted by atomic mass is 35.5.